The van der Waals surface area contributed by atoms with Gasteiger partial charge in [-0.25, -0.2) is 0 Å². The molecule has 1 atom stereocenters. The van der Waals surface area contributed by atoms with Gasteiger partial charge in [0, 0.05) is 12.5 Å². The quantitative estimate of drug-likeness (QED) is 0.710. The van der Waals surface area contributed by atoms with Gasteiger partial charge >= 0.3 is 0 Å². The van der Waals surface area contributed by atoms with Crippen LogP contribution in [0.4, 0.5) is 0 Å². The van der Waals surface area contributed by atoms with E-state index in [1.54, 1.807) is 0 Å². The minimum Gasteiger partial charge on any atom is -0.396 e. The molecule has 0 aliphatic heterocycles. The summed E-state index contributed by atoms with van der Waals surface area (Å²) in [4.78, 5) is 0. The van der Waals surface area contributed by atoms with Crippen LogP contribution in [0.25, 0.3) is 0 Å². The maximum atomic E-state index is 9.20. The predicted octanol–water partition coefficient (Wildman–Crippen LogP) is 2.25. The Hall–Kier alpha value is -0.590. The topological polar surface area (TPSA) is 53.2 Å². The molecule has 1 fully saturated rings. The highest BCUT2D eigenvalue weighted by atomic mass is 16.5. The second-order valence-corrected chi connectivity index (χ2v) is 4.48. The Morgan fingerprint density at radius 3 is 2.60 bits per heavy atom. The minimum absolute atomic E-state index is 0.131. The van der Waals surface area contributed by atoms with Crippen LogP contribution in [0.2, 0.25) is 0 Å². The number of hydrogen-bond acceptors (Lipinski definition) is 3. The molecule has 0 aromatic rings. The first-order chi connectivity index (χ1) is 7.23. The number of nitrogens with zero attached hydrogens (tertiary/aromatic N) is 1. The number of aliphatic hydroxyl groups is 1. The number of ether oxygens (including phenoxy) is 1. The standard InChI is InChI=1S/C12H21NO2/c1-12(10-13,15-9-5-8-14)11-6-3-2-4-7-11/h11,14H,2-9H2,1H3. The van der Waals surface area contributed by atoms with Crippen LogP contribution in [0.3, 0.4) is 0 Å². The van der Waals surface area contributed by atoms with E-state index in [4.69, 9.17) is 9.84 Å². The maximum Gasteiger partial charge on any atom is 0.154 e. The van der Waals surface area contributed by atoms with E-state index < -0.39 is 5.60 Å². The van der Waals surface area contributed by atoms with Crippen molar-refractivity contribution < 1.29 is 9.84 Å². The minimum atomic E-state index is -0.643. The van der Waals surface area contributed by atoms with E-state index in [2.05, 4.69) is 6.07 Å². The highest BCUT2D eigenvalue weighted by Crippen LogP contribution is 2.34. The molecule has 86 valence electrons. The maximum absolute atomic E-state index is 9.20. The fourth-order valence-electron chi connectivity index (χ4n) is 2.24. The van der Waals surface area contributed by atoms with Gasteiger partial charge in [-0.05, 0) is 26.2 Å². The van der Waals surface area contributed by atoms with Gasteiger partial charge in [0.15, 0.2) is 5.60 Å². The van der Waals surface area contributed by atoms with Gasteiger partial charge in [-0.2, -0.15) is 5.26 Å². The van der Waals surface area contributed by atoms with E-state index in [-0.39, 0.29) is 6.61 Å². The highest BCUT2D eigenvalue weighted by molar-refractivity contribution is 5.03. The lowest BCUT2D eigenvalue weighted by molar-refractivity contribution is -0.0459. The lowest BCUT2D eigenvalue weighted by Gasteiger charge is -2.34. The third-order valence-corrected chi connectivity index (χ3v) is 3.31. The Bertz CT molecular complexity index is 218. The number of nitriles is 1. The average molecular weight is 211 g/mol. The van der Waals surface area contributed by atoms with E-state index in [0.29, 0.717) is 18.9 Å². The van der Waals surface area contributed by atoms with Crippen LogP contribution in [-0.4, -0.2) is 23.9 Å². The van der Waals surface area contributed by atoms with Gasteiger partial charge in [0.25, 0.3) is 0 Å². The highest BCUT2D eigenvalue weighted by Gasteiger charge is 2.35. The normalized spacial score (nSPS) is 21.9. The Morgan fingerprint density at radius 2 is 2.07 bits per heavy atom. The molecule has 3 heteroatoms. The van der Waals surface area contributed by atoms with Crippen molar-refractivity contribution in [1.82, 2.24) is 0 Å². The fourth-order valence-corrected chi connectivity index (χ4v) is 2.24. The van der Waals surface area contributed by atoms with E-state index in [1.165, 1.54) is 19.3 Å². The van der Waals surface area contributed by atoms with Gasteiger partial charge in [-0.1, -0.05) is 19.3 Å². The number of rotatable bonds is 5. The molecule has 0 radical (unpaired) electrons. The first-order valence-corrected chi connectivity index (χ1v) is 5.89. The van der Waals surface area contributed by atoms with Crippen LogP contribution >= 0.6 is 0 Å². The molecule has 3 nitrogen and oxygen atoms in total. The van der Waals surface area contributed by atoms with Crippen molar-refractivity contribution in [1.29, 1.82) is 5.26 Å². The summed E-state index contributed by atoms with van der Waals surface area (Å²) in [6, 6.07) is 2.30. The van der Waals surface area contributed by atoms with Crippen LogP contribution in [0, 0.1) is 17.2 Å². The molecule has 0 aromatic heterocycles. The summed E-state index contributed by atoms with van der Waals surface area (Å²) in [5.74, 6) is 0.370. The van der Waals surface area contributed by atoms with Gasteiger partial charge in [-0.3, -0.25) is 0 Å². The molecule has 0 bridgehead atoms. The molecule has 1 rings (SSSR count). The molecule has 15 heavy (non-hydrogen) atoms. The zero-order valence-electron chi connectivity index (χ0n) is 9.54. The van der Waals surface area contributed by atoms with Gasteiger partial charge in [0.05, 0.1) is 12.7 Å². The molecular weight excluding hydrogens is 190 g/mol. The monoisotopic (exact) mass is 211 g/mol. The van der Waals surface area contributed by atoms with Crippen LogP contribution in [0.15, 0.2) is 0 Å². The van der Waals surface area contributed by atoms with Crippen LogP contribution in [0.5, 0.6) is 0 Å². The summed E-state index contributed by atoms with van der Waals surface area (Å²) in [7, 11) is 0. The molecule has 1 aliphatic carbocycles. The van der Waals surface area contributed by atoms with E-state index in [9.17, 15) is 5.26 Å². The van der Waals surface area contributed by atoms with Gasteiger partial charge in [0.2, 0.25) is 0 Å². The summed E-state index contributed by atoms with van der Waals surface area (Å²) < 4.78 is 5.64. The van der Waals surface area contributed by atoms with Crippen molar-refractivity contribution >= 4 is 0 Å². The van der Waals surface area contributed by atoms with Gasteiger partial charge in [-0.15, -0.1) is 0 Å². The van der Waals surface area contributed by atoms with Crippen LogP contribution in [0.1, 0.15) is 45.4 Å². The molecule has 1 unspecified atom stereocenters. The van der Waals surface area contributed by atoms with E-state index in [0.717, 1.165) is 12.8 Å². The largest absolute Gasteiger partial charge is 0.396 e. The predicted molar refractivity (Wildman–Crippen MR) is 58.2 cm³/mol. The van der Waals surface area contributed by atoms with Crippen LogP contribution < -0.4 is 0 Å². The Morgan fingerprint density at radius 1 is 1.40 bits per heavy atom. The van der Waals surface area contributed by atoms with Gasteiger partial charge < -0.3 is 9.84 Å². The van der Waals surface area contributed by atoms with Crippen molar-refractivity contribution in [2.24, 2.45) is 5.92 Å². The zero-order chi connectivity index (χ0) is 11.1. The summed E-state index contributed by atoms with van der Waals surface area (Å²) >= 11 is 0. The summed E-state index contributed by atoms with van der Waals surface area (Å²) in [5, 5.41) is 17.9. The molecule has 0 amide bonds. The number of hydrogen-bond donors (Lipinski definition) is 1. The fraction of sp³-hybridized carbons (Fsp3) is 0.917. The molecule has 0 saturated heterocycles. The summed E-state index contributed by atoms with van der Waals surface area (Å²) in [6.45, 7) is 2.50. The number of aliphatic hydroxyl groups excluding tert-OH is 1. The lowest BCUT2D eigenvalue weighted by Crippen LogP contribution is -2.38. The molecule has 0 aromatic carbocycles. The van der Waals surface area contributed by atoms with Crippen molar-refractivity contribution in [3.05, 3.63) is 0 Å². The Kier molecular flexibility index (Phi) is 5.07. The smallest absolute Gasteiger partial charge is 0.154 e. The van der Waals surface area contributed by atoms with Crippen molar-refractivity contribution in [3.8, 4) is 6.07 Å². The molecule has 1 N–H and O–H groups in total. The summed E-state index contributed by atoms with van der Waals surface area (Å²) in [6.07, 6.45) is 6.53. The summed E-state index contributed by atoms with van der Waals surface area (Å²) in [5.41, 5.74) is -0.643. The average Bonchev–Trinajstić information content (AvgIpc) is 2.30. The first kappa shape index (κ1) is 12.5. The SMILES string of the molecule is CC(C#N)(OCCCO)C1CCCCC1. The first-order valence-electron chi connectivity index (χ1n) is 5.89. The van der Waals surface area contributed by atoms with Crippen molar-refractivity contribution in [2.45, 2.75) is 51.0 Å². The van der Waals surface area contributed by atoms with E-state index >= 15 is 0 Å². The third kappa shape index (κ3) is 3.48. The van der Waals surface area contributed by atoms with Crippen molar-refractivity contribution in [2.75, 3.05) is 13.2 Å². The van der Waals surface area contributed by atoms with Crippen LogP contribution in [-0.2, 0) is 4.74 Å². The Balaban J connectivity index is 2.46. The second-order valence-electron chi connectivity index (χ2n) is 4.48. The van der Waals surface area contributed by atoms with Crippen molar-refractivity contribution in [3.63, 3.8) is 0 Å². The molecule has 0 spiro atoms. The van der Waals surface area contributed by atoms with Gasteiger partial charge in [0.1, 0.15) is 0 Å². The molecule has 1 saturated carbocycles. The second kappa shape index (κ2) is 6.09. The Labute approximate surface area is 92.0 Å². The van der Waals surface area contributed by atoms with E-state index in [1.807, 2.05) is 6.92 Å². The third-order valence-electron chi connectivity index (χ3n) is 3.31. The molecular formula is C12H21NO2. The zero-order valence-corrected chi connectivity index (χ0v) is 9.54. The molecule has 0 heterocycles. The molecule has 1 aliphatic rings. The lowest BCUT2D eigenvalue weighted by atomic mass is 9.78.